The monoisotopic (exact) mass is 278 g/mol. The Morgan fingerprint density at radius 3 is 2.72 bits per heavy atom. The fraction of sp³-hybridized carbons (Fsp3) is 1.00. The first kappa shape index (κ1) is 15.9. The van der Waals surface area contributed by atoms with E-state index in [2.05, 4.69) is 23.9 Å². The molecule has 1 aliphatic heterocycles. The van der Waals surface area contributed by atoms with Crippen LogP contribution in [-0.2, 0) is 14.8 Å². The Morgan fingerprint density at radius 2 is 2.11 bits per heavy atom. The van der Waals surface area contributed by atoms with Gasteiger partial charge < -0.3 is 10.1 Å². The molecule has 6 heteroatoms. The fourth-order valence-corrected chi connectivity index (χ4v) is 3.14. The van der Waals surface area contributed by atoms with Crippen LogP contribution in [0.1, 0.15) is 33.6 Å². The molecule has 2 N–H and O–H groups in total. The number of ether oxygens (including phenoxy) is 1. The van der Waals surface area contributed by atoms with Crippen molar-refractivity contribution < 1.29 is 13.2 Å². The molecular formula is C12H26N2O3S. The zero-order valence-corrected chi connectivity index (χ0v) is 12.4. The van der Waals surface area contributed by atoms with E-state index in [1.807, 2.05) is 0 Å². The summed E-state index contributed by atoms with van der Waals surface area (Å²) in [7, 11) is -3.11. The van der Waals surface area contributed by atoms with Crippen molar-refractivity contribution in [3.63, 3.8) is 0 Å². The van der Waals surface area contributed by atoms with Gasteiger partial charge in [-0.1, -0.05) is 20.8 Å². The van der Waals surface area contributed by atoms with Crippen LogP contribution in [0.4, 0.5) is 0 Å². The second-order valence-electron chi connectivity index (χ2n) is 5.15. The lowest BCUT2D eigenvalue weighted by molar-refractivity contribution is -0.0240. The average Bonchev–Trinajstić information content (AvgIpc) is 2.29. The maximum absolute atomic E-state index is 11.5. The summed E-state index contributed by atoms with van der Waals surface area (Å²) in [6, 6.07) is 0.378. The highest BCUT2D eigenvalue weighted by molar-refractivity contribution is 7.89. The van der Waals surface area contributed by atoms with Gasteiger partial charge in [-0.25, -0.2) is 13.1 Å². The van der Waals surface area contributed by atoms with E-state index >= 15 is 0 Å². The molecule has 0 aromatic heterocycles. The SMILES string of the molecule is CCNS(=O)(=O)CCNC1CCOC(C(C)C)C1. The molecule has 0 aromatic rings. The van der Waals surface area contributed by atoms with E-state index in [0.29, 0.717) is 31.2 Å². The molecule has 0 aromatic carbocycles. The van der Waals surface area contributed by atoms with Crippen molar-refractivity contribution in [2.45, 2.75) is 45.8 Å². The van der Waals surface area contributed by atoms with Crippen LogP contribution in [0.25, 0.3) is 0 Å². The van der Waals surface area contributed by atoms with Gasteiger partial charge in [0.25, 0.3) is 0 Å². The Kier molecular flexibility index (Phi) is 6.55. The number of hydrogen-bond acceptors (Lipinski definition) is 4. The molecule has 1 fully saturated rings. The molecule has 0 aliphatic carbocycles. The van der Waals surface area contributed by atoms with E-state index < -0.39 is 10.0 Å². The molecule has 0 amide bonds. The lowest BCUT2D eigenvalue weighted by atomic mass is 9.95. The summed E-state index contributed by atoms with van der Waals surface area (Å²) < 4.78 is 31.1. The zero-order chi connectivity index (χ0) is 13.6. The molecule has 108 valence electrons. The van der Waals surface area contributed by atoms with Gasteiger partial charge >= 0.3 is 0 Å². The summed E-state index contributed by atoms with van der Waals surface area (Å²) in [5.74, 6) is 0.657. The standard InChI is InChI=1S/C12H26N2O3S/c1-4-14-18(15,16)8-6-13-11-5-7-17-12(9-11)10(2)3/h10-14H,4-9H2,1-3H3. The van der Waals surface area contributed by atoms with E-state index in [1.54, 1.807) is 6.92 Å². The normalized spacial score (nSPS) is 25.6. The molecule has 5 nitrogen and oxygen atoms in total. The molecular weight excluding hydrogens is 252 g/mol. The van der Waals surface area contributed by atoms with Crippen LogP contribution in [0, 0.1) is 5.92 Å². The van der Waals surface area contributed by atoms with Gasteiger partial charge in [-0.15, -0.1) is 0 Å². The molecule has 0 radical (unpaired) electrons. The fourth-order valence-electron chi connectivity index (χ4n) is 2.17. The molecule has 1 saturated heterocycles. The lowest BCUT2D eigenvalue weighted by Crippen LogP contribution is -2.43. The highest BCUT2D eigenvalue weighted by atomic mass is 32.2. The Bertz CT molecular complexity index is 330. The molecule has 2 unspecified atom stereocenters. The molecule has 2 atom stereocenters. The molecule has 1 rings (SSSR count). The molecule has 1 aliphatic rings. The summed E-state index contributed by atoms with van der Waals surface area (Å²) in [5.41, 5.74) is 0. The van der Waals surface area contributed by atoms with Gasteiger partial charge in [-0.05, 0) is 18.8 Å². The quantitative estimate of drug-likeness (QED) is 0.720. The second kappa shape index (κ2) is 7.43. The van der Waals surface area contributed by atoms with Gasteiger partial charge in [0.2, 0.25) is 10.0 Å². The Morgan fingerprint density at radius 1 is 1.39 bits per heavy atom. The van der Waals surface area contributed by atoms with Crippen molar-refractivity contribution in [3.8, 4) is 0 Å². The highest BCUT2D eigenvalue weighted by Crippen LogP contribution is 2.19. The maximum Gasteiger partial charge on any atom is 0.212 e. The second-order valence-corrected chi connectivity index (χ2v) is 7.07. The van der Waals surface area contributed by atoms with E-state index in [9.17, 15) is 8.42 Å². The lowest BCUT2D eigenvalue weighted by Gasteiger charge is -2.32. The van der Waals surface area contributed by atoms with Crippen molar-refractivity contribution >= 4 is 10.0 Å². The Labute approximate surface area is 111 Å². The van der Waals surface area contributed by atoms with Crippen LogP contribution in [0.2, 0.25) is 0 Å². The minimum atomic E-state index is -3.11. The summed E-state index contributed by atoms with van der Waals surface area (Å²) in [4.78, 5) is 0. The van der Waals surface area contributed by atoms with E-state index in [0.717, 1.165) is 19.4 Å². The average molecular weight is 278 g/mol. The molecule has 18 heavy (non-hydrogen) atoms. The third kappa shape index (κ3) is 5.65. The van der Waals surface area contributed by atoms with Crippen molar-refractivity contribution in [2.75, 3.05) is 25.4 Å². The van der Waals surface area contributed by atoms with Gasteiger partial charge in [0.15, 0.2) is 0 Å². The minimum Gasteiger partial charge on any atom is -0.378 e. The summed E-state index contributed by atoms with van der Waals surface area (Å²) in [5, 5.41) is 3.32. The Balaban J connectivity index is 2.27. The first-order valence-electron chi connectivity index (χ1n) is 6.77. The highest BCUT2D eigenvalue weighted by Gasteiger charge is 2.24. The van der Waals surface area contributed by atoms with E-state index in [1.165, 1.54) is 0 Å². The molecule has 0 bridgehead atoms. The number of rotatable bonds is 7. The molecule has 1 heterocycles. The smallest absolute Gasteiger partial charge is 0.212 e. The Hall–Kier alpha value is -0.170. The summed E-state index contributed by atoms with van der Waals surface area (Å²) in [6.07, 6.45) is 2.23. The zero-order valence-electron chi connectivity index (χ0n) is 11.6. The van der Waals surface area contributed by atoms with Crippen molar-refractivity contribution in [1.29, 1.82) is 0 Å². The third-order valence-electron chi connectivity index (χ3n) is 3.23. The number of nitrogens with one attached hydrogen (secondary N) is 2. The third-order valence-corrected chi connectivity index (χ3v) is 4.70. The van der Waals surface area contributed by atoms with E-state index in [-0.39, 0.29) is 5.75 Å². The van der Waals surface area contributed by atoms with Crippen LogP contribution >= 0.6 is 0 Å². The van der Waals surface area contributed by atoms with Crippen LogP contribution in [-0.4, -0.2) is 46.0 Å². The van der Waals surface area contributed by atoms with Gasteiger partial charge in [0, 0.05) is 25.7 Å². The number of sulfonamides is 1. The minimum absolute atomic E-state index is 0.143. The van der Waals surface area contributed by atoms with Crippen LogP contribution in [0.3, 0.4) is 0 Å². The van der Waals surface area contributed by atoms with Crippen molar-refractivity contribution in [2.24, 2.45) is 5.92 Å². The van der Waals surface area contributed by atoms with Gasteiger partial charge in [0.05, 0.1) is 11.9 Å². The topological polar surface area (TPSA) is 67.4 Å². The van der Waals surface area contributed by atoms with Crippen LogP contribution in [0.15, 0.2) is 0 Å². The predicted molar refractivity (Wildman–Crippen MR) is 73.1 cm³/mol. The summed E-state index contributed by atoms with van der Waals surface area (Å²) in [6.45, 7) is 7.82. The van der Waals surface area contributed by atoms with Gasteiger partial charge in [0.1, 0.15) is 0 Å². The van der Waals surface area contributed by atoms with Gasteiger partial charge in [-0.2, -0.15) is 0 Å². The van der Waals surface area contributed by atoms with Crippen molar-refractivity contribution in [1.82, 2.24) is 10.0 Å². The van der Waals surface area contributed by atoms with Gasteiger partial charge in [-0.3, -0.25) is 0 Å². The van der Waals surface area contributed by atoms with Crippen molar-refractivity contribution in [3.05, 3.63) is 0 Å². The first-order chi connectivity index (χ1) is 8.44. The van der Waals surface area contributed by atoms with E-state index in [4.69, 9.17) is 4.74 Å². The summed E-state index contributed by atoms with van der Waals surface area (Å²) >= 11 is 0. The molecule has 0 saturated carbocycles. The predicted octanol–water partition coefficient (Wildman–Crippen LogP) is 0.719. The van der Waals surface area contributed by atoms with Crippen LogP contribution in [0.5, 0.6) is 0 Å². The first-order valence-corrected chi connectivity index (χ1v) is 8.42. The largest absolute Gasteiger partial charge is 0.378 e. The number of hydrogen-bond donors (Lipinski definition) is 2. The molecule has 0 spiro atoms. The maximum atomic E-state index is 11.5. The van der Waals surface area contributed by atoms with Crippen LogP contribution < -0.4 is 10.0 Å².